The van der Waals surface area contributed by atoms with Crippen LogP contribution < -0.4 is 11.3 Å². The number of rotatable bonds is 4. The number of benzene rings is 1. The molecule has 1 aromatic heterocycles. The van der Waals surface area contributed by atoms with Gasteiger partial charge in [0.15, 0.2) is 0 Å². The van der Waals surface area contributed by atoms with E-state index in [2.05, 4.69) is 10.4 Å². The molecule has 0 radical (unpaired) electrons. The highest BCUT2D eigenvalue weighted by Gasteiger charge is 2.34. The standard InChI is InChI=1S/C14H14F3N3/c15-14(16,17)12-4-2-1-3-11(12)13(20-18)9-10-5-7-19-8-6-10/h1-8,13,20H,9,18H2. The van der Waals surface area contributed by atoms with Gasteiger partial charge in [-0.25, -0.2) is 0 Å². The quantitative estimate of drug-likeness (QED) is 0.669. The van der Waals surface area contributed by atoms with Crippen molar-refractivity contribution in [1.29, 1.82) is 0 Å². The lowest BCUT2D eigenvalue weighted by Gasteiger charge is -2.21. The van der Waals surface area contributed by atoms with Gasteiger partial charge in [0.2, 0.25) is 0 Å². The number of nitrogens with two attached hydrogens (primary N) is 1. The Hall–Kier alpha value is -1.92. The zero-order valence-corrected chi connectivity index (χ0v) is 10.6. The van der Waals surface area contributed by atoms with Gasteiger partial charge in [-0.1, -0.05) is 18.2 Å². The summed E-state index contributed by atoms with van der Waals surface area (Å²) in [4.78, 5) is 3.88. The first-order chi connectivity index (χ1) is 9.52. The number of alkyl halides is 3. The van der Waals surface area contributed by atoms with Crippen LogP contribution in [0.5, 0.6) is 0 Å². The van der Waals surface area contributed by atoms with Crippen molar-refractivity contribution in [3.05, 3.63) is 65.5 Å². The number of halogens is 3. The largest absolute Gasteiger partial charge is 0.416 e. The number of hydrogen-bond acceptors (Lipinski definition) is 3. The number of aromatic nitrogens is 1. The van der Waals surface area contributed by atoms with Crippen LogP contribution in [0.1, 0.15) is 22.7 Å². The third kappa shape index (κ3) is 3.34. The van der Waals surface area contributed by atoms with E-state index in [1.807, 2.05) is 0 Å². The van der Waals surface area contributed by atoms with Crippen LogP contribution in [-0.4, -0.2) is 4.98 Å². The van der Waals surface area contributed by atoms with Crippen molar-refractivity contribution in [3.8, 4) is 0 Å². The number of hydrogen-bond donors (Lipinski definition) is 2. The number of hydrazine groups is 1. The molecule has 2 aromatic rings. The second-order valence-electron chi connectivity index (χ2n) is 4.36. The lowest BCUT2D eigenvalue weighted by Crippen LogP contribution is -2.31. The van der Waals surface area contributed by atoms with Gasteiger partial charge in [-0.15, -0.1) is 0 Å². The number of nitrogens with one attached hydrogen (secondary N) is 1. The number of nitrogens with zero attached hydrogens (tertiary/aromatic N) is 1. The Labute approximate surface area is 114 Å². The zero-order valence-electron chi connectivity index (χ0n) is 10.6. The SMILES string of the molecule is NNC(Cc1ccncc1)c1ccccc1C(F)(F)F. The van der Waals surface area contributed by atoms with E-state index >= 15 is 0 Å². The predicted molar refractivity (Wildman–Crippen MR) is 69.4 cm³/mol. The maximum absolute atomic E-state index is 13.0. The van der Waals surface area contributed by atoms with E-state index in [1.54, 1.807) is 30.6 Å². The van der Waals surface area contributed by atoms with Crippen molar-refractivity contribution in [2.45, 2.75) is 18.6 Å². The van der Waals surface area contributed by atoms with Gasteiger partial charge >= 0.3 is 6.18 Å². The smallest absolute Gasteiger partial charge is 0.271 e. The first-order valence-electron chi connectivity index (χ1n) is 6.03. The minimum atomic E-state index is -4.40. The lowest BCUT2D eigenvalue weighted by atomic mass is 9.95. The van der Waals surface area contributed by atoms with Gasteiger partial charge in [0.05, 0.1) is 11.6 Å². The molecule has 0 aliphatic rings. The summed E-state index contributed by atoms with van der Waals surface area (Å²) in [6.07, 6.45) is -0.854. The van der Waals surface area contributed by atoms with Gasteiger partial charge in [-0.3, -0.25) is 16.3 Å². The van der Waals surface area contributed by atoms with Crippen LogP contribution in [0.3, 0.4) is 0 Å². The molecule has 3 N–H and O–H groups in total. The topological polar surface area (TPSA) is 50.9 Å². The molecule has 0 saturated carbocycles. The Kier molecular flexibility index (Phi) is 4.36. The lowest BCUT2D eigenvalue weighted by molar-refractivity contribution is -0.138. The van der Waals surface area contributed by atoms with Gasteiger partial charge < -0.3 is 0 Å². The molecular weight excluding hydrogens is 267 g/mol. The molecule has 0 aliphatic carbocycles. The van der Waals surface area contributed by atoms with Crippen LogP contribution >= 0.6 is 0 Å². The van der Waals surface area contributed by atoms with Crippen LogP contribution in [0.25, 0.3) is 0 Å². The maximum atomic E-state index is 13.0. The molecular formula is C14H14F3N3. The summed E-state index contributed by atoms with van der Waals surface area (Å²) in [6.45, 7) is 0. The van der Waals surface area contributed by atoms with Crippen molar-refractivity contribution in [3.63, 3.8) is 0 Å². The van der Waals surface area contributed by atoms with Crippen LogP contribution in [-0.2, 0) is 12.6 Å². The van der Waals surface area contributed by atoms with Gasteiger partial charge in [0.1, 0.15) is 0 Å². The Morgan fingerprint density at radius 3 is 2.35 bits per heavy atom. The van der Waals surface area contributed by atoms with E-state index in [0.29, 0.717) is 6.42 Å². The summed E-state index contributed by atoms with van der Waals surface area (Å²) >= 11 is 0. The van der Waals surface area contributed by atoms with Crippen molar-refractivity contribution in [2.75, 3.05) is 0 Å². The van der Waals surface area contributed by atoms with Crippen molar-refractivity contribution in [2.24, 2.45) is 5.84 Å². The van der Waals surface area contributed by atoms with Crippen molar-refractivity contribution < 1.29 is 13.2 Å². The third-order valence-electron chi connectivity index (χ3n) is 3.03. The summed E-state index contributed by atoms with van der Waals surface area (Å²) < 4.78 is 39.0. The highest BCUT2D eigenvalue weighted by Crippen LogP contribution is 2.35. The highest BCUT2D eigenvalue weighted by atomic mass is 19.4. The maximum Gasteiger partial charge on any atom is 0.416 e. The van der Waals surface area contributed by atoms with Gasteiger partial charge in [0, 0.05) is 12.4 Å². The summed E-state index contributed by atoms with van der Waals surface area (Å²) in [5.74, 6) is 5.43. The average molecular weight is 281 g/mol. The minimum absolute atomic E-state index is 0.138. The molecule has 20 heavy (non-hydrogen) atoms. The van der Waals surface area contributed by atoms with E-state index in [0.717, 1.165) is 11.6 Å². The Morgan fingerprint density at radius 2 is 1.75 bits per heavy atom. The second-order valence-corrected chi connectivity index (χ2v) is 4.36. The molecule has 0 fully saturated rings. The van der Waals surface area contributed by atoms with Crippen molar-refractivity contribution in [1.82, 2.24) is 10.4 Å². The first-order valence-corrected chi connectivity index (χ1v) is 6.03. The van der Waals surface area contributed by atoms with Crippen LogP contribution in [0.2, 0.25) is 0 Å². The summed E-state index contributed by atoms with van der Waals surface area (Å²) in [7, 11) is 0. The predicted octanol–water partition coefficient (Wildman–Crippen LogP) is 2.85. The zero-order chi connectivity index (χ0) is 14.6. The Bertz CT molecular complexity index is 555. The molecule has 1 unspecified atom stereocenters. The molecule has 3 nitrogen and oxygen atoms in total. The van der Waals surface area contributed by atoms with Crippen molar-refractivity contribution >= 4 is 0 Å². The van der Waals surface area contributed by atoms with Crippen LogP contribution in [0.4, 0.5) is 13.2 Å². The molecule has 0 aliphatic heterocycles. The fourth-order valence-electron chi connectivity index (χ4n) is 2.07. The Balaban J connectivity index is 2.33. The monoisotopic (exact) mass is 281 g/mol. The number of pyridine rings is 1. The molecule has 0 bridgehead atoms. The summed E-state index contributed by atoms with van der Waals surface area (Å²) in [5.41, 5.74) is 2.79. The molecule has 6 heteroatoms. The minimum Gasteiger partial charge on any atom is -0.271 e. The first kappa shape index (κ1) is 14.5. The molecule has 0 saturated heterocycles. The second kappa shape index (κ2) is 6.02. The van der Waals surface area contributed by atoms with E-state index in [-0.39, 0.29) is 5.56 Å². The van der Waals surface area contributed by atoms with Gasteiger partial charge in [0.25, 0.3) is 0 Å². The molecule has 1 atom stereocenters. The highest BCUT2D eigenvalue weighted by molar-refractivity contribution is 5.33. The van der Waals surface area contributed by atoms with E-state index in [1.165, 1.54) is 12.1 Å². The van der Waals surface area contributed by atoms with E-state index in [9.17, 15) is 13.2 Å². The fraction of sp³-hybridized carbons (Fsp3) is 0.214. The molecule has 2 rings (SSSR count). The molecule has 0 spiro atoms. The fourth-order valence-corrected chi connectivity index (χ4v) is 2.07. The van der Waals surface area contributed by atoms with Gasteiger partial charge in [-0.05, 0) is 35.7 Å². The summed E-state index contributed by atoms with van der Waals surface area (Å²) in [5, 5.41) is 0. The van der Waals surface area contributed by atoms with Crippen LogP contribution in [0, 0.1) is 0 Å². The molecule has 1 heterocycles. The third-order valence-corrected chi connectivity index (χ3v) is 3.03. The molecule has 1 aromatic carbocycles. The van der Waals surface area contributed by atoms with E-state index < -0.39 is 17.8 Å². The average Bonchev–Trinajstić information content (AvgIpc) is 2.45. The van der Waals surface area contributed by atoms with E-state index in [4.69, 9.17) is 5.84 Å². The Morgan fingerprint density at radius 1 is 1.10 bits per heavy atom. The van der Waals surface area contributed by atoms with Gasteiger partial charge in [-0.2, -0.15) is 13.2 Å². The molecule has 106 valence electrons. The summed E-state index contributed by atoms with van der Waals surface area (Å²) in [6, 6.07) is 8.32. The van der Waals surface area contributed by atoms with Crippen LogP contribution in [0.15, 0.2) is 48.8 Å². The molecule has 0 amide bonds. The normalized spacial score (nSPS) is 13.2.